The molecule has 4 nitrogen and oxygen atoms in total. The SMILES string of the molecule is CCN(CCO)C(=O)C(N)C(C)C.Cl. The molecular formula is C9H21ClN2O2. The molecule has 1 atom stereocenters. The van der Waals surface area contributed by atoms with Crippen molar-refractivity contribution >= 4 is 18.3 Å². The number of amides is 1. The first-order valence-corrected chi connectivity index (χ1v) is 4.69. The average molecular weight is 225 g/mol. The molecule has 0 aliphatic heterocycles. The van der Waals surface area contributed by atoms with Gasteiger partial charge in [0.05, 0.1) is 12.6 Å². The van der Waals surface area contributed by atoms with E-state index in [0.29, 0.717) is 13.1 Å². The highest BCUT2D eigenvalue weighted by Gasteiger charge is 2.21. The second-order valence-electron chi connectivity index (χ2n) is 3.41. The van der Waals surface area contributed by atoms with Crippen LogP contribution in [0.15, 0.2) is 0 Å². The summed E-state index contributed by atoms with van der Waals surface area (Å²) in [6, 6.07) is -0.452. The van der Waals surface area contributed by atoms with Gasteiger partial charge in [-0.25, -0.2) is 0 Å². The normalized spacial score (nSPS) is 12.1. The predicted molar refractivity (Wildman–Crippen MR) is 59.4 cm³/mol. The van der Waals surface area contributed by atoms with Crippen molar-refractivity contribution in [1.82, 2.24) is 4.90 Å². The maximum Gasteiger partial charge on any atom is 0.239 e. The molecule has 0 fully saturated rings. The van der Waals surface area contributed by atoms with Gasteiger partial charge in [-0.15, -0.1) is 12.4 Å². The van der Waals surface area contributed by atoms with Crippen molar-refractivity contribution in [3.8, 4) is 0 Å². The number of carbonyl (C=O) groups is 1. The first-order valence-electron chi connectivity index (χ1n) is 4.69. The molecule has 0 bridgehead atoms. The number of nitrogens with zero attached hydrogens (tertiary/aromatic N) is 1. The molecule has 0 aliphatic rings. The van der Waals surface area contributed by atoms with Crippen LogP contribution in [-0.4, -0.2) is 41.7 Å². The Morgan fingerprint density at radius 3 is 2.29 bits per heavy atom. The van der Waals surface area contributed by atoms with Crippen molar-refractivity contribution in [1.29, 1.82) is 0 Å². The van der Waals surface area contributed by atoms with E-state index in [1.165, 1.54) is 0 Å². The second-order valence-corrected chi connectivity index (χ2v) is 3.41. The lowest BCUT2D eigenvalue weighted by Crippen LogP contribution is -2.47. The Balaban J connectivity index is 0. The molecule has 5 heteroatoms. The third-order valence-electron chi connectivity index (χ3n) is 2.07. The van der Waals surface area contributed by atoms with Gasteiger partial charge in [0.15, 0.2) is 0 Å². The van der Waals surface area contributed by atoms with Crippen LogP contribution in [0.3, 0.4) is 0 Å². The Bertz CT molecular complexity index is 165. The number of rotatable bonds is 5. The van der Waals surface area contributed by atoms with Crippen LogP contribution in [0.1, 0.15) is 20.8 Å². The van der Waals surface area contributed by atoms with Crippen LogP contribution < -0.4 is 5.73 Å². The molecule has 0 aromatic carbocycles. The zero-order valence-electron chi connectivity index (χ0n) is 9.06. The molecule has 0 radical (unpaired) electrons. The predicted octanol–water partition coefficient (Wildman–Crippen LogP) is 0.232. The molecule has 0 aliphatic carbocycles. The minimum atomic E-state index is -0.452. The Kier molecular flexibility index (Phi) is 9.24. The summed E-state index contributed by atoms with van der Waals surface area (Å²) >= 11 is 0. The van der Waals surface area contributed by atoms with E-state index in [2.05, 4.69) is 0 Å². The summed E-state index contributed by atoms with van der Waals surface area (Å²) in [6.45, 7) is 6.66. The van der Waals surface area contributed by atoms with Gasteiger partial charge in [-0.1, -0.05) is 13.8 Å². The third-order valence-corrected chi connectivity index (χ3v) is 2.07. The fourth-order valence-electron chi connectivity index (χ4n) is 1.04. The van der Waals surface area contributed by atoms with Crippen LogP contribution >= 0.6 is 12.4 Å². The highest BCUT2D eigenvalue weighted by molar-refractivity contribution is 5.85. The van der Waals surface area contributed by atoms with Crippen LogP contribution in [0.2, 0.25) is 0 Å². The third kappa shape index (κ3) is 4.79. The second kappa shape index (κ2) is 8.03. The molecule has 0 spiro atoms. The van der Waals surface area contributed by atoms with Gasteiger partial charge >= 0.3 is 0 Å². The minimum Gasteiger partial charge on any atom is -0.395 e. The number of aliphatic hydroxyl groups is 1. The van der Waals surface area contributed by atoms with E-state index in [9.17, 15) is 4.79 Å². The maximum atomic E-state index is 11.6. The zero-order valence-corrected chi connectivity index (χ0v) is 9.88. The lowest BCUT2D eigenvalue weighted by atomic mass is 10.0. The highest BCUT2D eigenvalue weighted by Crippen LogP contribution is 2.02. The van der Waals surface area contributed by atoms with Crippen molar-refractivity contribution in [3.63, 3.8) is 0 Å². The van der Waals surface area contributed by atoms with Crippen molar-refractivity contribution in [2.45, 2.75) is 26.8 Å². The molecule has 0 rings (SSSR count). The number of hydrogen-bond acceptors (Lipinski definition) is 3. The van der Waals surface area contributed by atoms with Crippen LogP contribution in [0, 0.1) is 5.92 Å². The number of carbonyl (C=O) groups excluding carboxylic acids is 1. The van der Waals surface area contributed by atoms with E-state index in [4.69, 9.17) is 10.8 Å². The number of aliphatic hydroxyl groups excluding tert-OH is 1. The Morgan fingerprint density at radius 2 is 2.00 bits per heavy atom. The molecule has 1 unspecified atom stereocenters. The van der Waals surface area contributed by atoms with Gasteiger partial charge in [0.1, 0.15) is 0 Å². The number of likely N-dealkylation sites (N-methyl/N-ethyl adjacent to an activating group) is 1. The van der Waals surface area contributed by atoms with E-state index < -0.39 is 6.04 Å². The van der Waals surface area contributed by atoms with Crippen LogP contribution in [-0.2, 0) is 4.79 Å². The van der Waals surface area contributed by atoms with Crippen LogP contribution in [0.25, 0.3) is 0 Å². The molecule has 0 aromatic rings. The van der Waals surface area contributed by atoms with Gasteiger partial charge in [0.25, 0.3) is 0 Å². The number of nitrogens with two attached hydrogens (primary N) is 1. The summed E-state index contributed by atoms with van der Waals surface area (Å²) in [7, 11) is 0. The Morgan fingerprint density at radius 1 is 1.50 bits per heavy atom. The molecule has 0 saturated heterocycles. The van der Waals surface area contributed by atoms with Gasteiger partial charge in [-0.3, -0.25) is 4.79 Å². The summed E-state index contributed by atoms with van der Waals surface area (Å²) < 4.78 is 0. The lowest BCUT2D eigenvalue weighted by Gasteiger charge is -2.25. The minimum absolute atomic E-state index is 0. The Labute approximate surface area is 91.9 Å². The van der Waals surface area contributed by atoms with E-state index in [-0.39, 0.29) is 30.8 Å². The summed E-state index contributed by atoms with van der Waals surface area (Å²) in [5.41, 5.74) is 5.69. The van der Waals surface area contributed by atoms with Crippen molar-refractivity contribution in [2.24, 2.45) is 11.7 Å². The number of hydrogen-bond donors (Lipinski definition) is 2. The highest BCUT2D eigenvalue weighted by atomic mass is 35.5. The fourth-order valence-corrected chi connectivity index (χ4v) is 1.04. The molecule has 86 valence electrons. The summed E-state index contributed by atoms with van der Waals surface area (Å²) in [4.78, 5) is 13.2. The van der Waals surface area contributed by atoms with Crippen molar-refractivity contribution in [3.05, 3.63) is 0 Å². The smallest absolute Gasteiger partial charge is 0.239 e. The Hall–Kier alpha value is -0.320. The standard InChI is InChI=1S/C9H20N2O2.ClH/c1-4-11(5-6-12)9(13)8(10)7(2)3;/h7-8,12H,4-6,10H2,1-3H3;1H. The fraction of sp³-hybridized carbons (Fsp3) is 0.889. The summed E-state index contributed by atoms with van der Waals surface area (Å²) in [5, 5.41) is 8.70. The average Bonchev–Trinajstić information content (AvgIpc) is 2.11. The van der Waals surface area contributed by atoms with Gasteiger partial charge < -0.3 is 15.7 Å². The van der Waals surface area contributed by atoms with Gasteiger partial charge in [0, 0.05) is 13.1 Å². The maximum absolute atomic E-state index is 11.6. The van der Waals surface area contributed by atoms with Gasteiger partial charge in [0.2, 0.25) is 5.91 Å². The molecule has 0 aromatic heterocycles. The van der Waals surface area contributed by atoms with Crippen LogP contribution in [0.4, 0.5) is 0 Å². The molecule has 0 heterocycles. The summed E-state index contributed by atoms with van der Waals surface area (Å²) in [6.07, 6.45) is 0. The van der Waals surface area contributed by atoms with E-state index in [1.807, 2.05) is 20.8 Å². The van der Waals surface area contributed by atoms with Gasteiger partial charge in [-0.05, 0) is 12.8 Å². The molecule has 14 heavy (non-hydrogen) atoms. The van der Waals surface area contributed by atoms with E-state index in [0.717, 1.165) is 0 Å². The summed E-state index contributed by atoms with van der Waals surface area (Å²) in [5.74, 6) is 0.0618. The molecule has 0 saturated carbocycles. The number of halogens is 1. The van der Waals surface area contributed by atoms with E-state index in [1.54, 1.807) is 4.90 Å². The lowest BCUT2D eigenvalue weighted by molar-refractivity contribution is -0.133. The van der Waals surface area contributed by atoms with Crippen molar-refractivity contribution < 1.29 is 9.90 Å². The first-order chi connectivity index (χ1) is 6.04. The monoisotopic (exact) mass is 224 g/mol. The molecule has 1 amide bonds. The van der Waals surface area contributed by atoms with Crippen molar-refractivity contribution in [2.75, 3.05) is 19.7 Å². The largest absolute Gasteiger partial charge is 0.395 e. The van der Waals surface area contributed by atoms with E-state index >= 15 is 0 Å². The topological polar surface area (TPSA) is 66.6 Å². The molecular weight excluding hydrogens is 204 g/mol. The van der Waals surface area contributed by atoms with Gasteiger partial charge in [-0.2, -0.15) is 0 Å². The van der Waals surface area contributed by atoms with Crippen LogP contribution in [0.5, 0.6) is 0 Å². The first kappa shape index (κ1) is 16.1. The quantitative estimate of drug-likeness (QED) is 0.703. The molecule has 3 N–H and O–H groups in total. The zero-order chi connectivity index (χ0) is 10.4.